The van der Waals surface area contributed by atoms with Gasteiger partial charge in [-0.15, -0.1) is 22.0 Å². The van der Waals surface area contributed by atoms with Gasteiger partial charge in [0.25, 0.3) is 0 Å². The van der Waals surface area contributed by atoms with Gasteiger partial charge >= 0.3 is 0 Å². The van der Waals surface area contributed by atoms with Gasteiger partial charge in [-0.1, -0.05) is 19.3 Å². The van der Waals surface area contributed by atoms with Gasteiger partial charge in [0.1, 0.15) is 0 Å². The Labute approximate surface area is 178 Å². The maximum Gasteiger partial charge on any atom is 0.243 e. The molecule has 1 heterocycles. The van der Waals surface area contributed by atoms with Crippen LogP contribution in [-0.4, -0.2) is 61.1 Å². The van der Waals surface area contributed by atoms with Crippen molar-refractivity contribution in [2.45, 2.75) is 87.5 Å². The first-order valence-electron chi connectivity index (χ1n) is 10.9. The van der Waals surface area contributed by atoms with Crippen LogP contribution in [0.25, 0.3) is 0 Å². The average Bonchev–Trinajstić information content (AvgIpc) is 3.26. The Bertz CT molecular complexity index is 585. The number of ether oxygens (including phenoxy) is 2. The van der Waals surface area contributed by atoms with Gasteiger partial charge in [0.2, 0.25) is 10.9 Å². The van der Waals surface area contributed by atoms with Crippen molar-refractivity contribution in [1.82, 2.24) is 4.90 Å². The molecule has 3 unspecified atom stereocenters. The molecule has 0 aromatic carbocycles. The first kappa shape index (κ1) is 22.6. The molecule has 2 saturated carbocycles. The van der Waals surface area contributed by atoms with E-state index in [-0.39, 0.29) is 24.0 Å². The Kier molecular flexibility index (Phi) is 8.44. The minimum Gasteiger partial charge on any atom is -0.379 e. The SMILES string of the molecule is COC1CCC(C2(SCCCC(=O)N(C)C3CCCCC3)N=NN=N2)CC1OC. The van der Waals surface area contributed by atoms with Crippen LogP contribution in [0, 0.1) is 5.92 Å². The molecule has 0 aromatic rings. The van der Waals surface area contributed by atoms with Crippen molar-refractivity contribution in [3.63, 3.8) is 0 Å². The zero-order chi connectivity index (χ0) is 20.7. The van der Waals surface area contributed by atoms with Gasteiger partial charge in [0, 0.05) is 39.6 Å². The van der Waals surface area contributed by atoms with E-state index in [1.165, 1.54) is 19.3 Å². The summed E-state index contributed by atoms with van der Waals surface area (Å²) in [6.07, 6.45) is 10.3. The minimum absolute atomic E-state index is 0.0351. The molecule has 0 aromatic heterocycles. The Morgan fingerprint density at radius 2 is 1.72 bits per heavy atom. The molecule has 0 saturated heterocycles. The van der Waals surface area contributed by atoms with Crippen LogP contribution in [0.2, 0.25) is 0 Å². The fourth-order valence-electron chi connectivity index (χ4n) is 4.78. The van der Waals surface area contributed by atoms with E-state index in [2.05, 4.69) is 20.7 Å². The normalized spacial score (nSPS) is 29.3. The molecule has 2 fully saturated rings. The summed E-state index contributed by atoms with van der Waals surface area (Å²) >= 11 is 1.66. The van der Waals surface area contributed by atoms with Crippen molar-refractivity contribution < 1.29 is 14.3 Å². The van der Waals surface area contributed by atoms with E-state index in [1.54, 1.807) is 26.0 Å². The first-order chi connectivity index (χ1) is 14.1. The topological polar surface area (TPSA) is 88.2 Å². The van der Waals surface area contributed by atoms with E-state index >= 15 is 0 Å². The molecule has 0 bridgehead atoms. The van der Waals surface area contributed by atoms with Crippen molar-refractivity contribution in [2.24, 2.45) is 26.6 Å². The molecule has 8 nitrogen and oxygen atoms in total. The van der Waals surface area contributed by atoms with Gasteiger partial charge in [-0.2, -0.15) is 0 Å². The van der Waals surface area contributed by atoms with Crippen molar-refractivity contribution in [2.75, 3.05) is 27.0 Å². The second-order valence-corrected chi connectivity index (χ2v) is 9.64. The summed E-state index contributed by atoms with van der Waals surface area (Å²) < 4.78 is 11.2. The summed E-state index contributed by atoms with van der Waals surface area (Å²) in [7, 11) is 5.42. The fourth-order valence-corrected chi connectivity index (χ4v) is 6.01. The molecule has 2 aliphatic carbocycles. The van der Waals surface area contributed by atoms with E-state index < -0.39 is 4.99 Å². The lowest BCUT2D eigenvalue weighted by Crippen LogP contribution is -2.43. The Morgan fingerprint density at radius 3 is 2.38 bits per heavy atom. The second kappa shape index (κ2) is 10.8. The number of methoxy groups -OCH3 is 2. The summed E-state index contributed by atoms with van der Waals surface area (Å²) in [4.78, 5) is 13.9. The number of thioether (sulfide) groups is 1. The summed E-state index contributed by atoms with van der Waals surface area (Å²) in [6, 6.07) is 0.426. The fraction of sp³-hybridized carbons (Fsp3) is 0.950. The Morgan fingerprint density at radius 1 is 1.03 bits per heavy atom. The van der Waals surface area contributed by atoms with Crippen LogP contribution in [0.4, 0.5) is 0 Å². The molecular weight excluding hydrogens is 390 g/mol. The van der Waals surface area contributed by atoms with Crippen LogP contribution in [-0.2, 0) is 14.3 Å². The Balaban J connectivity index is 1.48. The van der Waals surface area contributed by atoms with Gasteiger partial charge in [0.15, 0.2) is 0 Å². The molecular formula is C20H35N5O3S. The van der Waals surface area contributed by atoms with E-state index in [1.807, 2.05) is 11.9 Å². The lowest BCUT2D eigenvalue weighted by atomic mass is 9.83. The molecule has 1 aliphatic heterocycles. The number of hydrogen-bond donors (Lipinski definition) is 0. The van der Waals surface area contributed by atoms with Gasteiger partial charge < -0.3 is 14.4 Å². The predicted molar refractivity (Wildman–Crippen MR) is 113 cm³/mol. The van der Waals surface area contributed by atoms with Gasteiger partial charge in [-0.05, 0) is 54.7 Å². The average molecular weight is 426 g/mol. The quantitative estimate of drug-likeness (QED) is 0.505. The number of amides is 1. The summed E-state index contributed by atoms with van der Waals surface area (Å²) in [6.45, 7) is 0. The molecule has 164 valence electrons. The third-order valence-electron chi connectivity index (χ3n) is 6.65. The van der Waals surface area contributed by atoms with Crippen LogP contribution in [0.1, 0.15) is 64.2 Å². The van der Waals surface area contributed by atoms with Crippen LogP contribution in [0.3, 0.4) is 0 Å². The van der Waals surface area contributed by atoms with Gasteiger partial charge in [-0.25, -0.2) is 0 Å². The third kappa shape index (κ3) is 5.55. The number of carbonyl (C=O) groups excluding carboxylic acids is 1. The zero-order valence-corrected chi connectivity index (χ0v) is 18.8. The lowest BCUT2D eigenvalue weighted by molar-refractivity contribution is -0.132. The molecule has 3 rings (SSSR count). The summed E-state index contributed by atoms with van der Waals surface area (Å²) in [5, 5.41) is 16.4. The van der Waals surface area contributed by atoms with Crippen LogP contribution in [0.15, 0.2) is 20.7 Å². The van der Waals surface area contributed by atoms with Crippen LogP contribution in [0.5, 0.6) is 0 Å². The maximum atomic E-state index is 12.6. The molecule has 0 spiro atoms. The second-order valence-electron chi connectivity index (χ2n) is 8.34. The van der Waals surface area contributed by atoms with Gasteiger partial charge in [0.05, 0.1) is 12.2 Å². The van der Waals surface area contributed by atoms with E-state index in [0.717, 1.165) is 44.3 Å². The number of nitrogens with zero attached hydrogens (tertiary/aromatic N) is 5. The number of rotatable bonds is 9. The lowest BCUT2D eigenvalue weighted by Gasteiger charge is -2.38. The molecule has 0 N–H and O–H groups in total. The molecule has 1 amide bonds. The highest BCUT2D eigenvalue weighted by atomic mass is 32.2. The standard InChI is InChI=1S/C20H35N5O3S/c1-25(16-8-5-4-6-9-16)19(26)10-7-13-29-20(21-23-24-22-20)15-11-12-17(27-2)18(14-15)28-3/h15-18H,4-14H2,1-3H3. The van der Waals surface area contributed by atoms with Crippen molar-refractivity contribution in [3.05, 3.63) is 0 Å². The highest BCUT2D eigenvalue weighted by molar-refractivity contribution is 8.00. The molecule has 0 radical (unpaired) electrons. The summed E-state index contributed by atoms with van der Waals surface area (Å²) in [5.74, 6) is 1.27. The highest BCUT2D eigenvalue weighted by Gasteiger charge is 2.47. The first-order valence-corrected chi connectivity index (χ1v) is 11.9. The minimum atomic E-state index is -0.673. The van der Waals surface area contributed by atoms with E-state index in [9.17, 15) is 4.79 Å². The van der Waals surface area contributed by atoms with Crippen LogP contribution < -0.4 is 0 Å². The van der Waals surface area contributed by atoms with E-state index in [4.69, 9.17) is 9.47 Å². The molecule has 9 heteroatoms. The van der Waals surface area contributed by atoms with Crippen molar-refractivity contribution in [1.29, 1.82) is 0 Å². The highest BCUT2D eigenvalue weighted by Crippen LogP contribution is 2.47. The number of hydrogen-bond acceptors (Lipinski definition) is 8. The molecule has 3 atom stereocenters. The molecule has 3 aliphatic rings. The van der Waals surface area contributed by atoms with Crippen molar-refractivity contribution >= 4 is 17.7 Å². The predicted octanol–water partition coefficient (Wildman–Crippen LogP) is 4.61. The van der Waals surface area contributed by atoms with Crippen LogP contribution >= 0.6 is 11.8 Å². The zero-order valence-electron chi connectivity index (χ0n) is 18.0. The maximum absolute atomic E-state index is 12.6. The van der Waals surface area contributed by atoms with Gasteiger partial charge in [-0.3, -0.25) is 4.79 Å². The Hall–Kier alpha value is -1.06. The monoisotopic (exact) mass is 425 g/mol. The van der Waals surface area contributed by atoms with Crippen molar-refractivity contribution in [3.8, 4) is 0 Å². The third-order valence-corrected chi connectivity index (χ3v) is 8.06. The summed E-state index contributed by atoms with van der Waals surface area (Å²) in [5.41, 5.74) is 0. The smallest absolute Gasteiger partial charge is 0.243 e. The number of carbonyl (C=O) groups is 1. The largest absolute Gasteiger partial charge is 0.379 e. The molecule has 29 heavy (non-hydrogen) atoms. The van der Waals surface area contributed by atoms with E-state index in [0.29, 0.717) is 12.5 Å².